The highest BCUT2D eigenvalue weighted by atomic mass is 16.7. The summed E-state index contributed by atoms with van der Waals surface area (Å²) < 4.78 is 32.9. The second kappa shape index (κ2) is 10.3. The first kappa shape index (κ1) is 26.0. The van der Waals surface area contributed by atoms with Crippen LogP contribution in [0.4, 0.5) is 0 Å². The second-order valence-corrected chi connectivity index (χ2v) is 8.87. The maximum atomic E-state index is 11.7. The monoisotopic (exact) mass is 526 g/mol. The average Bonchev–Trinajstić information content (AvgIpc) is 3.35. The number of furan rings is 1. The number of rotatable bonds is 6. The smallest absolute Gasteiger partial charge is 0.336 e. The van der Waals surface area contributed by atoms with E-state index in [1.54, 1.807) is 6.07 Å². The lowest BCUT2D eigenvalue weighted by molar-refractivity contribution is -0.323. The van der Waals surface area contributed by atoms with Crippen LogP contribution in [-0.4, -0.2) is 110 Å². The van der Waals surface area contributed by atoms with Crippen molar-refractivity contribution in [3.63, 3.8) is 0 Å². The Hall–Kier alpha value is -2.63. The molecule has 2 saturated heterocycles. The van der Waals surface area contributed by atoms with Crippen molar-refractivity contribution in [3.8, 4) is 5.75 Å². The van der Waals surface area contributed by atoms with Gasteiger partial charge in [0.15, 0.2) is 6.29 Å². The van der Waals surface area contributed by atoms with Gasteiger partial charge in [-0.1, -0.05) is 0 Å². The number of aliphatic hydroxyl groups is 7. The maximum Gasteiger partial charge on any atom is 0.336 e. The minimum Gasteiger partial charge on any atom is -0.464 e. The van der Waals surface area contributed by atoms with Gasteiger partial charge in [0.2, 0.25) is 6.29 Å². The average molecular weight is 526 g/mol. The Morgan fingerprint density at radius 1 is 0.757 bits per heavy atom. The van der Waals surface area contributed by atoms with E-state index in [0.29, 0.717) is 16.4 Å². The van der Waals surface area contributed by atoms with Crippen LogP contribution in [0.15, 0.2) is 44.2 Å². The third kappa shape index (κ3) is 4.72. The Morgan fingerprint density at radius 2 is 1.41 bits per heavy atom. The molecule has 1 aromatic carbocycles. The van der Waals surface area contributed by atoms with E-state index in [-0.39, 0.29) is 11.3 Å². The molecule has 2 fully saturated rings. The number of hydrogen-bond acceptors (Lipinski definition) is 14. The molecule has 7 N–H and O–H groups in total. The summed E-state index contributed by atoms with van der Waals surface area (Å²) >= 11 is 0. The molecule has 0 aliphatic carbocycles. The van der Waals surface area contributed by atoms with E-state index < -0.39 is 80.3 Å². The highest BCUT2D eigenvalue weighted by Gasteiger charge is 2.48. The Morgan fingerprint density at radius 3 is 2.14 bits per heavy atom. The third-order valence-electron chi connectivity index (χ3n) is 6.48. The van der Waals surface area contributed by atoms with Crippen LogP contribution in [0.5, 0.6) is 5.75 Å². The van der Waals surface area contributed by atoms with E-state index in [1.165, 1.54) is 24.5 Å². The largest absolute Gasteiger partial charge is 0.464 e. The first-order valence-corrected chi connectivity index (χ1v) is 11.4. The molecular formula is C23H26O14. The molecule has 14 heteroatoms. The summed E-state index contributed by atoms with van der Waals surface area (Å²) in [6.45, 7) is -1.18. The van der Waals surface area contributed by atoms with Gasteiger partial charge in [0.05, 0.1) is 30.2 Å². The minimum atomic E-state index is -1.74. The van der Waals surface area contributed by atoms with Crippen LogP contribution in [-0.2, 0) is 14.2 Å². The van der Waals surface area contributed by atoms with Crippen molar-refractivity contribution in [3.05, 3.63) is 40.9 Å². The molecular weight excluding hydrogens is 500 g/mol. The van der Waals surface area contributed by atoms with Crippen molar-refractivity contribution in [2.24, 2.45) is 0 Å². The molecule has 0 spiro atoms. The van der Waals surface area contributed by atoms with Crippen LogP contribution in [0.2, 0.25) is 0 Å². The lowest BCUT2D eigenvalue weighted by Gasteiger charge is -2.42. The first-order chi connectivity index (χ1) is 17.7. The quantitative estimate of drug-likeness (QED) is 0.166. The van der Waals surface area contributed by atoms with Gasteiger partial charge in [-0.3, -0.25) is 0 Å². The van der Waals surface area contributed by atoms with Crippen molar-refractivity contribution in [1.82, 2.24) is 0 Å². The third-order valence-corrected chi connectivity index (χ3v) is 6.48. The van der Waals surface area contributed by atoms with Gasteiger partial charge in [0, 0.05) is 12.1 Å². The molecule has 0 bridgehead atoms. The van der Waals surface area contributed by atoms with Gasteiger partial charge < -0.3 is 63.5 Å². The summed E-state index contributed by atoms with van der Waals surface area (Å²) in [6, 6.07) is 5.69. The number of hydrogen-bond donors (Lipinski definition) is 7. The summed E-state index contributed by atoms with van der Waals surface area (Å²) in [5, 5.41) is 71.6. The number of aliphatic hydroxyl groups excluding tert-OH is 7. The summed E-state index contributed by atoms with van der Waals surface area (Å²) in [7, 11) is 0. The molecule has 37 heavy (non-hydrogen) atoms. The summed E-state index contributed by atoms with van der Waals surface area (Å²) in [6.07, 6.45) is -14.3. The van der Waals surface area contributed by atoms with E-state index >= 15 is 0 Å². The van der Waals surface area contributed by atoms with Crippen LogP contribution in [0.25, 0.3) is 21.9 Å². The molecule has 5 rings (SSSR count). The highest BCUT2D eigenvalue weighted by Crippen LogP contribution is 2.37. The first-order valence-electron chi connectivity index (χ1n) is 11.4. The summed E-state index contributed by atoms with van der Waals surface area (Å²) in [5.41, 5.74) is -0.161. The van der Waals surface area contributed by atoms with Crippen LogP contribution >= 0.6 is 0 Å². The maximum absolute atomic E-state index is 11.7. The fourth-order valence-electron chi connectivity index (χ4n) is 4.40. The van der Waals surface area contributed by atoms with Crippen molar-refractivity contribution >= 4 is 21.9 Å². The topological polar surface area (TPSA) is 222 Å². The molecule has 0 amide bonds. The van der Waals surface area contributed by atoms with E-state index in [4.69, 9.17) is 27.8 Å². The Balaban J connectivity index is 1.37. The molecule has 10 atom stereocenters. The van der Waals surface area contributed by atoms with Crippen molar-refractivity contribution in [2.75, 3.05) is 13.2 Å². The minimum absolute atomic E-state index is 0.117. The lowest BCUT2D eigenvalue weighted by Crippen LogP contribution is -2.62. The van der Waals surface area contributed by atoms with Gasteiger partial charge in [-0.15, -0.1) is 0 Å². The van der Waals surface area contributed by atoms with Gasteiger partial charge in [0.25, 0.3) is 0 Å². The van der Waals surface area contributed by atoms with Crippen LogP contribution in [0.1, 0.15) is 0 Å². The molecule has 2 aromatic heterocycles. The predicted octanol–water partition coefficient (Wildman–Crippen LogP) is -2.46. The lowest BCUT2D eigenvalue weighted by atomic mass is 9.98. The van der Waals surface area contributed by atoms with Gasteiger partial charge in [-0.2, -0.15) is 0 Å². The van der Waals surface area contributed by atoms with Gasteiger partial charge in [-0.05, 0) is 12.1 Å². The molecule has 14 nitrogen and oxygen atoms in total. The zero-order valence-electron chi connectivity index (χ0n) is 19.1. The van der Waals surface area contributed by atoms with E-state index in [9.17, 15) is 40.5 Å². The standard InChI is InChI=1S/C23H26O14/c24-6-12-15(26)17(28)19(30)22(35-12)33-7-13-16(27)18(29)20(31)23(36-13)37-21-8-1-2-14(25)34-11(8)5-10-9(21)3-4-32-10/h1-5,12-13,15-20,22-24,26-31H,6-7H2/t12-,13-,15-,16-,17+,18+,19-,20-,22-,23+/m1/s1. The molecule has 2 aliphatic heterocycles. The van der Waals surface area contributed by atoms with Crippen LogP contribution < -0.4 is 10.4 Å². The fourth-order valence-corrected chi connectivity index (χ4v) is 4.40. The Labute approximate surface area is 207 Å². The SMILES string of the molecule is O=c1ccc2c(O[C@@H]3O[C@H](CO[C@@H]4O[C@H](CO)[C@@H](O)[C@H](O)[C@H]4O)[C@@H](O)[C@H](O)[C@H]3O)c3ccoc3cc2o1. The second-order valence-electron chi connectivity index (χ2n) is 8.87. The molecule has 0 radical (unpaired) electrons. The summed E-state index contributed by atoms with van der Waals surface area (Å²) in [4.78, 5) is 11.7. The normalized spacial score (nSPS) is 36.7. The van der Waals surface area contributed by atoms with Gasteiger partial charge in [0.1, 0.15) is 65.7 Å². The van der Waals surface area contributed by atoms with E-state index in [2.05, 4.69) is 0 Å². The molecule has 3 aromatic rings. The van der Waals surface area contributed by atoms with Crippen molar-refractivity contribution < 1.29 is 63.5 Å². The van der Waals surface area contributed by atoms with Crippen LogP contribution in [0, 0.1) is 0 Å². The Bertz CT molecular complexity index is 1290. The zero-order chi connectivity index (χ0) is 26.4. The van der Waals surface area contributed by atoms with E-state index in [0.717, 1.165) is 0 Å². The molecule has 202 valence electrons. The van der Waals surface area contributed by atoms with E-state index in [1.807, 2.05) is 0 Å². The molecule has 0 saturated carbocycles. The number of benzene rings is 1. The number of ether oxygens (including phenoxy) is 4. The van der Waals surface area contributed by atoms with Gasteiger partial charge in [-0.25, -0.2) is 4.79 Å². The highest BCUT2D eigenvalue weighted by molar-refractivity contribution is 6.01. The fraction of sp³-hybridized carbons (Fsp3) is 0.522. The zero-order valence-corrected chi connectivity index (χ0v) is 19.1. The molecule has 0 unspecified atom stereocenters. The summed E-state index contributed by atoms with van der Waals surface area (Å²) in [5.74, 6) is 0.117. The molecule has 2 aliphatic rings. The predicted molar refractivity (Wildman–Crippen MR) is 119 cm³/mol. The Kier molecular flexibility index (Phi) is 7.21. The number of fused-ring (bicyclic) bond motifs is 2. The van der Waals surface area contributed by atoms with Gasteiger partial charge >= 0.3 is 5.63 Å². The van der Waals surface area contributed by atoms with Crippen LogP contribution in [0.3, 0.4) is 0 Å². The van der Waals surface area contributed by atoms with Crippen molar-refractivity contribution in [1.29, 1.82) is 0 Å². The molecule has 4 heterocycles. The van der Waals surface area contributed by atoms with Crippen molar-refractivity contribution in [2.45, 2.75) is 61.4 Å².